The molecule has 1 saturated carbocycles. The van der Waals surface area contributed by atoms with Crippen molar-refractivity contribution in [2.24, 2.45) is 17.0 Å². The van der Waals surface area contributed by atoms with Crippen molar-refractivity contribution in [3.63, 3.8) is 0 Å². The summed E-state index contributed by atoms with van der Waals surface area (Å²) in [6.07, 6.45) is 2.03. The molecule has 6 rings (SSSR count). The lowest BCUT2D eigenvalue weighted by Crippen LogP contribution is -2.55. The van der Waals surface area contributed by atoms with Gasteiger partial charge in [-0.05, 0) is 29.9 Å². The first-order valence-corrected chi connectivity index (χ1v) is 15.1. The predicted molar refractivity (Wildman–Crippen MR) is 163 cm³/mol. The Hall–Kier alpha value is -4.67. The summed E-state index contributed by atoms with van der Waals surface area (Å²) in [4.78, 5) is 61.3. The molecule has 11 heteroatoms. The standard InChI is InChI=1S/C33H37N5O6/c1-4-20-16-33(20,31(41)42)35-29(39)27-15-21(17-38(27)30(40)26-18-37(32(43)34-26)14-13-19(2)3)44-36-28-24-11-7-5-9-22(24)23-10-6-8-12-25(23)28/h4-12,19-21,26-27H,1,13-18H2,2-3H3,(H,34,43)(H,35,39)(H,41,42)/t20-,21-,26+,27+,33-/m1/s1. The van der Waals surface area contributed by atoms with Gasteiger partial charge in [0.1, 0.15) is 29.4 Å². The van der Waals surface area contributed by atoms with Gasteiger partial charge in [0.2, 0.25) is 11.8 Å². The monoisotopic (exact) mass is 599 g/mol. The zero-order valence-corrected chi connectivity index (χ0v) is 24.9. The van der Waals surface area contributed by atoms with Crippen molar-refractivity contribution in [1.82, 2.24) is 20.4 Å². The van der Waals surface area contributed by atoms with Crippen molar-refractivity contribution in [3.8, 4) is 11.1 Å². The molecule has 0 spiro atoms. The first-order chi connectivity index (χ1) is 21.1. The summed E-state index contributed by atoms with van der Waals surface area (Å²) in [6, 6.07) is 13.7. The molecule has 0 unspecified atom stereocenters. The zero-order valence-electron chi connectivity index (χ0n) is 24.9. The molecule has 2 aromatic rings. The Labute approximate surface area is 255 Å². The smallest absolute Gasteiger partial charge is 0.330 e. The van der Waals surface area contributed by atoms with Crippen LogP contribution in [0, 0.1) is 11.8 Å². The van der Waals surface area contributed by atoms with Gasteiger partial charge >= 0.3 is 12.0 Å². The molecular formula is C33H37N5O6. The van der Waals surface area contributed by atoms with Crippen LogP contribution in [-0.4, -0.2) is 87.8 Å². The summed E-state index contributed by atoms with van der Waals surface area (Å²) in [7, 11) is 0. The SMILES string of the molecule is C=C[C@@H]1C[C@]1(NC(=O)[C@@H]1C[C@@H](ON=C2c3ccccc3-c3ccccc32)CN1C(=O)[C@@H]1CN(CCC(C)C)C(=O)N1)C(=O)O. The van der Waals surface area contributed by atoms with Gasteiger partial charge in [0, 0.05) is 30.0 Å². The maximum atomic E-state index is 13.8. The number of aliphatic carboxylic acids is 1. The number of fused-ring (bicyclic) bond motifs is 3. The minimum atomic E-state index is -1.45. The van der Waals surface area contributed by atoms with Crippen LogP contribution in [-0.2, 0) is 19.2 Å². The van der Waals surface area contributed by atoms with Crippen LogP contribution in [0.15, 0.2) is 66.3 Å². The molecule has 4 aliphatic rings. The van der Waals surface area contributed by atoms with Crippen LogP contribution in [0.3, 0.4) is 0 Å². The largest absolute Gasteiger partial charge is 0.479 e. The Morgan fingerprint density at radius 1 is 1.11 bits per heavy atom. The zero-order chi connectivity index (χ0) is 31.2. The Morgan fingerprint density at radius 2 is 1.75 bits per heavy atom. The van der Waals surface area contributed by atoms with E-state index in [2.05, 4.69) is 36.2 Å². The molecule has 3 N–H and O–H groups in total. The Kier molecular flexibility index (Phi) is 7.65. The molecule has 44 heavy (non-hydrogen) atoms. The van der Waals surface area contributed by atoms with Crippen LogP contribution in [0.25, 0.3) is 11.1 Å². The van der Waals surface area contributed by atoms with Crippen LogP contribution in [0.4, 0.5) is 4.79 Å². The fraction of sp³-hybridized carbons (Fsp3) is 0.424. The highest BCUT2D eigenvalue weighted by atomic mass is 16.6. The Bertz CT molecular complexity index is 1510. The van der Waals surface area contributed by atoms with Gasteiger partial charge in [-0.2, -0.15) is 0 Å². The quantitative estimate of drug-likeness (QED) is 0.242. The Balaban J connectivity index is 1.23. The van der Waals surface area contributed by atoms with Gasteiger partial charge in [-0.3, -0.25) is 9.59 Å². The average molecular weight is 600 g/mol. The molecule has 0 bridgehead atoms. The summed E-state index contributed by atoms with van der Waals surface area (Å²) >= 11 is 0. The van der Waals surface area contributed by atoms with Crippen LogP contribution in [0.1, 0.15) is 44.2 Å². The van der Waals surface area contributed by atoms with E-state index in [1.165, 1.54) is 11.0 Å². The first-order valence-electron chi connectivity index (χ1n) is 15.1. The normalized spacial score (nSPS) is 26.6. The maximum Gasteiger partial charge on any atom is 0.330 e. The number of hydrogen-bond acceptors (Lipinski definition) is 6. The van der Waals surface area contributed by atoms with E-state index in [0.29, 0.717) is 18.2 Å². The van der Waals surface area contributed by atoms with E-state index in [9.17, 15) is 24.3 Å². The number of carbonyl (C=O) groups is 4. The molecular weight excluding hydrogens is 562 g/mol. The third kappa shape index (κ3) is 5.20. The van der Waals surface area contributed by atoms with Crippen molar-refractivity contribution in [2.75, 3.05) is 19.6 Å². The first kappa shape index (κ1) is 29.4. The fourth-order valence-corrected chi connectivity index (χ4v) is 6.44. The minimum absolute atomic E-state index is 0.0559. The Morgan fingerprint density at radius 3 is 2.32 bits per heavy atom. The number of nitrogens with one attached hydrogen (secondary N) is 2. The number of urea groups is 1. The number of rotatable bonds is 10. The molecule has 11 nitrogen and oxygen atoms in total. The molecule has 2 aliphatic heterocycles. The van der Waals surface area contributed by atoms with Gasteiger partial charge in [-0.1, -0.05) is 73.6 Å². The van der Waals surface area contributed by atoms with Gasteiger partial charge < -0.3 is 30.4 Å². The van der Waals surface area contributed by atoms with Crippen molar-refractivity contribution in [3.05, 3.63) is 72.3 Å². The molecule has 0 radical (unpaired) electrons. The molecule has 230 valence electrons. The van der Waals surface area contributed by atoms with Gasteiger partial charge in [-0.15, -0.1) is 6.58 Å². The third-order valence-electron chi connectivity index (χ3n) is 9.09. The number of nitrogens with zero attached hydrogens (tertiary/aromatic N) is 3. The van der Waals surface area contributed by atoms with Crippen LogP contribution >= 0.6 is 0 Å². The summed E-state index contributed by atoms with van der Waals surface area (Å²) in [5.74, 6) is -2.15. The molecule has 2 aromatic carbocycles. The lowest BCUT2D eigenvalue weighted by Gasteiger charge is -2.27. The number of amides is 4. The van der Waals surface area contributed by atoms with Crippen molar-refractivity contribution < 1.29 is 29.1 Å². The van der Waals surface area contributed by atoms with Gasteiger partial charge in [0.15, 0.2) is 0 Å². The summed E-state index contributed by atoms with van der Waals surface area (Å²) in [5.41, 5.74) is 3.17. The van der Waals surface area contributed by atoms with Crippen molar-refractivity contribution >= 4 is 29.5 Å². The number of benzene rings is 2. The molecule has 2 aliphatic carbocycles. The molecule has 2 saturated heterocycles. The van der Waals surface area contributed by atoms with Crippen LogP contribution < -0.4 is 10.6 Å². The molecule has 2 heterocycles. The van der Waals surface area contributed by atoms with Crippen LogP contribution in [0.5, 0.6) is 0 Å². The van der Waals surface area contributed by atoms with Gasteiger partial charge in [0.25, 0.3) is 0 Å². The summed E-state index contributed by atoms with van der Waals surface area (Å²) in [6.45, 7) is 8.59. The lowest BCUT2D eigenvalue weighted by atomic mass is 10.1. The highest BCUT2D eigenvalue weighted by molar-refractivity contribution is 6.24. The number of hydrogen-bond donors (Lipinski definition) is 3. The van der Waals surface area contributed by atoms with E-state index < -0.39 is 47.4 Å². The number of oxime groups is 1. The topological polar surface area (TPSA) is 141 Å². The second-order valence-corrected chi connectivity index (χ2v) is 12.4. The third-order valence-corrected chi connectivity index (χ3v) is 9.09. The second kappa shape index (κ2) is 11.4. The van der Waals surface area contributed by atoms with Gasteiger partial charge in [-0.25, -0.2) is 9.59 Å². The molecule has 4 amide bonds. The van der Waals surface area contributed by atoms with Gasteiger partial charge in [0.05, 0.1) is 13.1 Å². The number of carboxylic acid groups (broad SMARTS) is 1. The van der Waals surface area contributed by atoms with E-state index >= 15 is 0 Å². The van der Waals surface area contributed by atoms with Crippen LogP contribution in [0.2, 0.25) is 0 Å². The molecule has 5 atom stereocenters. The maximum absolute atomic E-state index is 13.8. The second-order valence-electron chi connectivity index (χ2n) is 12.4. The summed E-state index contributed by atoms with van der Waals surface area (Å²) in [5, 5.41) is 19.9. The molecule has 0 aromatic heterocycles. The van der Waals surface area contributed by atoms with Crippen molar-refractivity contribution in [2.45, 2.75) is 56.8 Å². The lowest BCUT2D eigenvalue weighted by molar-refractivity contribution is -0.145. The summed E-state index contributed by atoms with van der Waals surface area (Å²) < 4.78 is 0. The van der Waals surface area contributed by atoms with Crippen molar-refractivity contribution in [1.29, 1.82) is 0 Å². The predicted octanol–water partition coefficient (Wildman–Crippen LogP) is 2.99. The average Bonchev–Trinajstić information content (AvgIpc) is 3.26. The van der Waals surface area contributed by atoms with E-state index in [-0.39, 0.29) is 32.0 Å². The van der Waals surface area contributed by atoms with E-state index in [1.54, 1.807) is 4.90 Å². The number of carbonyl (C=O) groups excluding carboxylic acids is 3. The van der Waals surface area contributed by atoms with E-state index in [4.69, 9.17) is 4.84 Å². The number of carboxylic acids is 1. The molecule has 3 fully saturated rings. The fourth-order valence-electron chi connectivity index (χ4n) is 6.44. The van der Waals surface area contributed by atoms with E-state index in [1.807, 2.05) is 48.5 Å². The highest BCUT2D eigenvalue weighted by Gasteiger charge is 2.61. The number of likely N-dealkylation sites (tertiary alicyclic amines) is 1. The highest BCUT2D eigenvalue weighted by Crippen LogP contribution is 2.45. The minimum Gasteiger partial charge on any atom is -0.479 e. The van der Waals surface area contributed by atoms with E-state index in [0.717, 1.165) is 28.7 Å².